The lowest BCUT2D eigenvalue weighted by molar-refractivity contribution is 0.984. The Labute approximate surface area is 84.4 Å². The Morgan fingerprint density at radius 1 is 1.14 bits per heavy atom. The quantitative estimate of drug-likeness (QED) is 0.616. The molecule has 2 rings (SSSR count). The summed E-state index contributed by atoms with van der Waals surface area (Å²) in [7, 11) is 0. The summed E-state index contributed by atoms with van der Waals surface area (Å²) in [5.41, 5.74) is 3.53. The molecule has 2 nitrogen and oxygen atoms in total. The lowest BCUT2D eigenvalue weighted by Crippen LogP contribution is -2.12. The van der Waals surface area contributed by atoms with Crippen molar-refractivity contribution in [2.75, 3.05) is 0 Å². The molecule has 1 heterocycles. The molecule has 1 aliphatic heterocycles. The fourth-order valence-corrected chi connectivity index (χ4v) is 1.29. The molecular weight excluding hydrogens is 172 g/mol. The zero-order chi connectivity index (χ0) is 9.97. The lowest BCUT2D eigenvalue weighted by atomic mass is 10.0. The van der Waals surface area contributed by atoms with Crippen LogP contribution < -0.4 is 5.32 Å². The summed E-state index contributed by atoms with van der Waals surface area (Å²) in [6, 6.07) is 0. The van der Waals surface area contributed by atoms with Crippen LogP contribution in [0.3, 0.4) is 0 Å². The van der Waals surface area contributed by atoms with Crippen LogP contribution in [0.15, 0.2) is 52.0 Å². The van der Waals surface area contributed by atoms with Crippen LogP contribution in [0, 0.1) is 6.42 Å². The van der Waals surface area contributed by atoms with Crippen molar-refractivity contribution >= 4 is 6.21 Å². The number of aliphatic imine (C=N–C) groups is 1. The second kappa shape index (κ2) is 3.66. The van der Waals surface area contributed by atoms with Gasteiger partial charge in [-0.1, -0.05) is 23.8 Å². The van der Waals surface area contributed by atoms with E-state index in [0.717, 1.165) is 17.0 Å². The van der Waals surface area contributed by atoms with Crippen LogP contribution in [0.25, 0.3) is 0 Å². The van der Waals surface area contributed by atoms with Crippen LogP contribution in [0.2, 0.25) is 0 Å². The van der Waals surface area contributed by atoms with E-state index in [4.69, 9.17) is 0 Å². The number of nitrogens with zero attached hydrogens (tertiary/aromatic N) is 1. The predicted octanol–water partition coefficient (Wildman–Crippen LogP) is 2.50. The van der Waals surface area contributed by atoms with Crippen LogP contribution in [0.1, 0.15) is 13.8 Å². The third-order valence-electron chi connectivity index (χ3n) is 2.16. The number of nitrogens with one attached hydrogen (secondary N) is 1. The van der Waals surface area contributed by atoms with E-state index in [2.05, 4.69) is 41.9 Å². The first kappa shape index (κ1) is 9.00. The molecule has 0 aromatic rings. The standard InChI is InChI=1S/C12H13N2/c1-9-3-5-11(6-4-9)12-13-7-10(2)8-14-12/h3-8,13H,1-2H3. The molecule has 1 N–H and O–H groups in total. The molecular formula is C12H13N2. The van der Waals surface area contributed by atoms with Crippen molar-refractivity contribution < 1.29 is 0 Å². The smallest absolute Gasteiger partial charge is 0.133 e. The Hall–Kier alpha value is -1.57. The SMILES string of the molecule is CC1=C[CH]/C(=C2\N=CC(C)=CN2)C=C1. The molecule has 14 heavy (non-hydrogen) atoms. The van der Waals surface area contributed by atoms with Gasteiger partial charge in [-0.2, -0.15) is 0 Å². The molecule has 0 unspecified atom stereocenters. The average molecular weight is 185 g/mol. The van der Waals surface area contributed by atoms with Crippen molar-refractivity contribution in [3.63, 3.8) is 0 Å². The topological polar surface area (TPSA) is 24.4 Å². The molecule has 0 fully saturated rings. The van der Waals surface area contributed by atoms with E-state index in [1.165, 1.54) is 5.57 Å². The van der Waals surface area contributed by atoms with Gasteiger partial charge < -0.3 is 5.32 Å². The van der Waals surface area contributed by atoms with Gasteiger partial charge in [-0.05, 0) is 19.4 Å². The van der Waals surface area contributed by atoms with E-state index < -0.39 is 0 Å². The Morgan fingerprint density at radius 2 is 2.00 bits per heavy atom. The molecule has 0 spiro atoms. The van der Waals surface area contributed by atoms with Gasteiger partial charge in [0.25, 0.3) is 0 Å². The fraction of sp³-hybridized carbons (Fsp3) is 0.167. The van der Waals surface area contributed by atoms with Crippen molar-refractivity contribution in [2.45, 2.75) is 13.8 Å². The molecule has 71 valence electrons. The second-order valence-corrected chi connectivity index (χ2v) is 3.51. The van der Waals surface area contributed by atoms with Gasteiger partial charge in [-0.25, -0.2) is 4.99 Å². The summed E-state index contributed by atoms with van der Waals surface area (Å²) in [6.45, 7) is 4.10. The van der Waals surface area contributed by atoms with Gasteiger partial charge in [0.2, 0.25) is 0 Å². The number of hydrogen-bond acceptors (Lipinski definition) is 2. The van der Waals surface area contributed by atoms with Gasteiger partial charge in [-0.3, -0.25) is 0 Å². The minimum Gasteiger partial charge on any atom is -0.346 e. The predicted molar refractivity (Wildman–Crippen MR) is 59.6 cm³/mol. The van der Waals surface area contributed by atoms with E-state index in [0.29, 0.717) is 0 Å². The Morgan fingerprint density at radius 3 is 2.57 bits per heavy atom. The summed E-state index contributed by atoms with van der Waals surface area (Å²) >= 11 is 0. The highest BCUT2D eigenvalue weighted by molar-refractivity contribution is 5.79. The molecule has 0 saturated carbocycles. The number of rotatable bonds is 0. The third-order valence-corrected chi connectivity index (χ3v) is 2.16. The van der Waals surface area contributed by atoms with Crippen molar-refractivity contribution in [3.05, 3.63) is 53.4 Å². The van der Waals surface area contributed by atoms with Crippen LogP contribution in [0.4, 0.5) is 0 Å². The zero-order valence-corrected chi connectivity index (χ0v) is 8.41. The Balaban J connectivity index is 2.21. The van der Waals surface area contributed by atoms with Crippen LogP contribution >= 0.6 is 0 Å². The first-order valence-electron chi connectivity index (χ1n) is 4.67. The van der Waals surface area contributed by atoms with Crippen LogP contribution in [0.5, 0.6) is 0 Å². The monoisotopic (exact) mass is 185 g/mol. The molecule has 1 aliphatic carbocycles. The minimum absolute atomic E-state index is 0.913. The first-order valence-corrected chi connectivity index (χ1v) is 4.67. The number of allylic oxidation sites excluding steroid dienone is 6. The average Bonchev–Trinajstić information content (AvgIpc) is 2.21. The van der Waals surface area contributed by atoms with Crippen molar-refractivity contribution in [2.24, 2.45) is 4.99 Å². The fourth-order valence-electron chi connectivity index (χ4n) is 1.29. The normalized spacial score (nSPS) is 25.6. The molecule has 2 aliphatic rings. The zero-order valence-electron chi connectivity index (χ0n) is 8.41. The van der Waals surface area contributed by atoms with E-state index in [-0.39, 0.29) is 0 Å². The van der Waals surface area contributed by atoms with Crippen molar-refractivity contribution in [1.29, 1.82) is 0 Å². The van der Waals surface area contributed by atoms with Gasteiger partial charge in [0.15, 0.2) is 0 Å². The molecule has 0 aromatic heterocycles. The largest absolute Gasteiger partial charge is 0.346 e. The first-order chi connectivity index (χ1) is 6.75. The van der Waals surface area contributed by atoms with E-state index in [1.54, 1.807) is 0 Å². The second-order valence-electron chi connectivity index (χ2n) is 3.51. The third kappa shape index (κ3) is 1.84. The molecule has 0 bridgehead atoms. The summed E-state index contributed by atoms with van der Waals surface area (Å²) in [6.07, 6.45) is 12.1. The van der Waals surface area contributed by atoms with E-state index in [9.17, 15) is 0 Å². The molecule has 0 saturated heterocycles. The lowest BCUT2D eigenvalue weighted by Gasteiger charge is -2.13. The van der Waals surface area contributed by atoms with Crippen LogP contribution in [-0.2, 0) is 0 Å². The van der Waals surface area contributed by atoms with Gasteiger partial charge in [-0.15, -0.1) is 0 Å². The Kier molecular flexibility index (Phi) is 2.35. The summed E-state index contributed by atoms with van der Waals surface area (Å²) < 4.78 is 0. The molecule has 0 aromatic carbocycles. The highest BCUT2D eigenvalue weighted by atomic mass is 15.0. The Bertz CT molecular complexity index is 355. The van der Waals surface area contributed by atoms with E-state index >= 15 is 0 Å². The van der Waals surface area contributed by atoms with Crippen molar-refractivity contribution in [3.8, 4) is 0 Å². The van der Waals surface area contributed by atoms with Gasteiger partial charge >= 0.3 is 0 Å². The highest BCUT2D eigenvalue weighted by Crippen LogP contribution is 2.18. The van der Waals surface area contributed by atoms with Gasteiger partial charge in [0.1, 0.15) is 5.82 Å². The summed E-state index contributed by atoms with van der Waals surface area (Å²) in [5, 5.41) is 3.16. The van der Waals surface area contributed by atoms with Gasteiger partial charge in [0, 0.05) is 24.4 Å². The molecule has 0 atom stereocenters. The maximum Gasteiger partial charge on any atom is 0.133 e. The van der Waals surface area contributed by atoms with Crippen LogP contribution in [-0.4, -0.2) is 6.21 Å². The molecule has 1 radical (unpaired) electrons. The number of hydrogen-bond donors (Lipinski definition) is 1. The maximum atomic E-state index is 4.32. The summed E-state index contributed by atoms with van der Waals surface area (Å²) in [4.78, 5) is 4.32. The summed E-state index contributed by atoms with van der Waals surface area (Å²) in [5.74, 6) is 0.913. The molecule has 0 amide bonds. The van der Waals surface area contributed by atoms with E-state index in [1.807, 2.05) is 19.3 Å². The minimum atomic E-state index is 0.913. The molecule has 2 heteroatoms. The van der Waals surface area contributed by atoms with Gasteiger partial charge in [0.05, 0.1) is 0 Å². The highest BCUT2D eigenvalue weighted by Gasteiger charge is 2.06. The maximum absolute atomic E-state index is 4.32. The van der Waals surface area contributed by atoms with Crippen molar-refractivity contribution in [1.82, 2.24) is 5.32 Å².